The van der Waals surface area contributed by atoms with E-state index in [1.807, 2.05) is 0 Å². The van der Waals surface area contributed by atoms with Crippen molar-refractivity contribution >= 4 is 10.0 Å². The predicted molar refractivity (Wildman–Crippen MR) is 74.3 cm³/mol. The Morgan fingerprint density at radius 3 is 2.59 bits per heavy atom. The van der Waals surface area contributed by atoms with Gasteiger partial charge in [0.05, 0.1) is 6.10 Å². The quantitative estimate of drug-likeness (QED) is 0.812. The number of sulfonamides is 1. The monoisotopic (exact) mass is 337 g/mol. The van der Waals surface area contributed by atoms with Crippen molar-refractivity contribution in [1.29, 1.82) is 0 Å². The molecule has 1 aromatic rings. The van der Waals surface area contributed by atoms with Gasteiger partial charge < -0.3 is 4.74 Å². The van der Waals surface area contributed by atoms with Crippen molar-refractivity contribution in [2.24, 2.45) is 0 Å². The molecule has 1 saturated heterocycles. The zero-order chi connectivity index (χ0) is 16.3. The van der Waals surface area contributed by atoms with E-state index in [9.17, 15) is 21.6 Å². The van der Waals surface area contributed by atoms with Gasteiger partial charge >= 0.3 is 0 Å². The molecule has 1 aliphatic rings. The first-order valence-corrected chi connectivity index (χ1v) is 8.56. The van der Waals surface area contributed by atoms with Crippen LogP contribution in [0, 0.1) is 17.5 Å². The first-order valence-electron chi connectivity index (χ1n) is 7.08. The molecule has 1 fully saturated rings. The Labute approximate surface area is 127 Å². The summed E-state index contributed by atoms with van der Waals surface area (Å²) >= 11 is 0. The minimum atomic E-state index is -4.25. The van der Waals surface area contributed by atoms with Crippen LogP contribution in [0.4, 0.5) is 13.2 Å². The van der Waals surface area contributed by atoms with Crippen LogP contribution in [0.2, 0.25) is 0 Å². The standard InChI is InChI=1S/C14H18F3NO3S/c1-9(4-5-10-3-2-6-21-10)18-22(19,20)14-8-12(16)11(15)7-13(14)17/h7-10,18H,2-6H2,1H3/t9-,10-/m0/s1. The molecule has 0 unspecified atom stereocenters. The van der Waals surface area contributed by atoms with Gasteiger partial charge in [0.2, 0.25) is 10.0 Å². The third kappa shape index (κ3) is 4.21. The van der Waals surface area contributed by atoms with E-state index in [0.29, 0.717) is 25.5 Å². The molecule has 0 spiro atoms. The second kappa shape index (κ2) is 6.97. The normalized spacial score (nSPS) is 20.3. The summed E-state index contributed by atoms with van der Waals surface area (Å²) in [6, 6.07) is 0.0995. The van der Waals surface area contributed by atoms with Gasteiger partial charge in [0.15, 0.2) is 11.6 Å². The maximum Gasteiger partial charge on any atom is 0.243 e. The molecule has 0 amide bonds. The smallest absolute Gasteiger partial charge is 0.243 e. The first-order chi connectivity index (χ1) is 10.3. The van der Waals surface area contributed by atoms with Crippen LogP contribution < -0.4 is 4.72 Å². The van der Waals surface area contributed by atoms with E-state index < -0.39 is 38.4 Å². The van der Waals surface area contributed by atoms with Gasteiger partial charge in [-0.25, -0.2) is 26.3 Å². The molecule has 1 N–H and O–H groups in total. The third-order valence-corrected chi connectivity index (χ3v) is 5.17. The van der Waals surface area contributed by atoms with Gasteiger partial charge in [-0.3, -0.25) is 0 Å². The number of rotatable bonds is 6. The maximum atomic E-state index is 13.6. The van der Waals surface area contributed by atoms with Crippen molar-refractivity contribution in [2.45, 2.75) is 49.6 Å². The van der Waals surface area contributed by atoms with Gasteiger partial charge in [0.25, 0.3) is 0 Å². The van der Waals surface area contributed by atoms with Crippen molar-refractivity contribution in [3.8, 4) is 0 Å². The van der Waals surface area contributed by atoms with Crippen LogP contribution in [-0.4, -0.2) is 27.2 Å². The maximum absolute atomic E-state index is 13.6. The zero-order valence-electron chi connectivity index (χ0n) is 12.1. The van der Waals surface area contributed by atoms with Crippen LogP contribution in [-0.2, 0) is 14.8 Å². The molecule has 1 heterocycles. The van der Waals surface area contributed by atoms with Crippen molar-refractivity contribution in [3.05, 3.63) is 29.6 Å². The van der Waals surface area contributed by atoms with Crippen molar-refractivity contribution in [3.63, 3.8) is 0 Å². The van der Waals surface area contributed by atoms with E-state index in [0.717, 1.165) is 12.8 Å². The van der Waals surface area contributed by atoms with E-state index in [4.69, 9.17) is 4.74 Å². The van der Waals surface area contributed by atoms with E-state index in [-0.39, 0.29) is 12.2 Å². The van der Waals surface area contributed by atoms with Gasteiger partial charge in [-0.15, -0.1) is 0 Å². The Kier molecular flexibility index (Phi) is 5.46. The summed E-state index contributed by atoms with van der Waals surface area (Å²) in [5, 5.41) is 0. The Morgan fingerprint density at radius 1 is 1.27 bits per heavy atom. The number of benzene rings is 1. The molecular weight excluding hydrogens is 319 g/mol. The molecule has 8 heteroatoms. The molecule has 22 heavy (non-hydrogen) atoms. The fraction of sp³-hybridized carbons (Fsp3) is 0.571. The molecule has 1 aliphatic heterocycles. The second-order valence-corrected chi connectivity index (χ2v) is 7.11. The van der Waals surface area contributed by atoms with Crippen LogP contribution >= 0.6 is 0 Å². The lowest BCUT2D eigenvalue weighted by Crippen LogP contribution is -2.33. The summed E-state index contributed by atoms with van der Waals surface area (Å²) in [4.78, 5) is -0.893. The molecule has 124 valence electrons. The van der Waals surface area contributed by atoms with Crippen molar-refractivity contribution < 1.29 is 26.3 Å². The van der Waals surface area contributed by atoms with Crippen LogP contribution in [0.25, 0.3) is 0 Å². The molecular formula is C14H18F3NO3S. The van der Waals surface area contributed by atoms with Crippen LogP contribution in [0.3, 0.4) is 0 Å². The highest BCUT2D eigenvalue weighted by Crippen LogP contribution is 2.21. The Balaban J connectivity index is 2.02. The zero-order valence-corrected chi connectivity index (χ0v) is 12.9. The SMILES string of the molecule is C[C@@H](CC[C@@H]1CCCO1)NS(=O)(=O)c1cc(F)c(F)cc1F. The van der Waals surface area contributed by atoms with Gasteiger partial charge in [-0.2, -0.15) is 0 Å². The van der Waals surface area contributed by atoms with Gasteiger partial charge in [-0.1, -0.05) is 0 Å². The summed E-state index contributed by atoms with van der Waals surface area (Å²) in [7, 11) is -4.25. The lowest BCUT2D eigenvalue weighted by atomic mass is 10.1. The summed E-state index contributed by atoms with van der Waals surface area (Å²) in [6.45, 7) is 2.34. The number of hydrogen-bond donors (Lipinski definition) is 1. The molecule has 0 aliphatic carbocycles. The molecule has 2 atom stereocenters. The lowest BCUT2D eigenvalue weighted by Gasteiger charge is -2.16. The molecule has 0 saturated carbocycles. The molecule has 2 rings (SSSR count). The first kappa shape index (κ1) is 17.2. The topological polar surface area (TPSA) is 55.4 Å². The average molecular weight is 337 g/mol. The number of hydrogen-bond acceptors (Lipinski definition) is 3. The van der Waals surface area contributed by atoms with Crippen LogP contribution in [0.5, 0.6) is 0 Å². The molecule has 0 bridgehead atoms. The highest BCUT2D eigenvalue weighted by atomic mass is 32.2. The Hall–Kier alpha value is -1.12. The molecule has 4 nitrogen and oxygen atoms in total. The van der Waals surface area contributed by atoms with Gasteiger partial charge in [0.1, 0.15) is 10.7 Å². The highest BCUT2D eigenvalue weighted by molar-refractivity contribution is 7.89. The summed E-state index contributed by atoms with van der Waals surface area (Å²) in [5.41, 5.74) is 0. The summed E-state index contributed by atoms with van der Waals surface area (Å²) in [6.07, 6.45) is 3.24. The van der Waals surface area contributed by atoms with E-state index in [1.54, 1.807) is 6.92 Å². The van der Waals surface area contributed by atoms with E-state index in [2.05, 4.69) is 4.72 Å². The lowest BCUT2D eigenvalue weighted by molar-refractivity contribution is 0.101. The highest BCUT2D eigenvalue weighted by Gasteiger charge is 2.24. The minimum absolute atomic E-state index is 0.118. The molecule has 1 aromatic carbocycles. The number of halogens is 3. The van der Waals surface area contributed by atoms with Gasteiger partial charge in [-0.05, 0) is 38.7 Å². The van der Waals surface area contributed by atoms with Crippen LogP contribution in [0.15, 0.2) is 17.0 Å². The summed E-state index contributed by atoms with van der Waals surface area (Å²) < 4.78 is 71.4. The predicted octanol–water partition coefficient (Wildman–Crippen LogP) is 2.73. The Bertz CT molecular complexity index is 630. The summed E-state index contributed by atoms with van der Waals surface area (Å²) in [5.74, 6) is -4.16. The van der Waals surface area contributed by atoms with E-state index in [1.165, 1.54) is 0 Å². The Morgan fingerprint density at radius 2 is 1.95 bits per heavy atom. The molecule has 0 radical (unpaired) electrons. The fourth-order valence-electron chi connectivity index (χ4n) is 2.41. The third-order valence-electron chi connectivity index (χ3n) is 3.57. The minimum Gasteiger partial charge on any atom is -0.378 e. The van der Waals surface area contributed by atoms with E-state index >= 15 is 0 Å². The van der Waals surface area contributed by atoms with Crippen LogP contribution in [0.1, 0.15) is 32.6 Å². The van der Waals surface area contributed by atoms with Gasteiger partial charge in [0, 0.05) is 18.7 Å². The molecule has 0 aromatic heterocycles. The second-order valence-electron chi connectivity index (χ2n) is 5.43. The number of ether oxygens (including phenoxy) is 1. The number of nitrogens with one attached hydrogen (secondary N) is 1. The fourth-order valence-corrected chi connectivity index (χ4v) is 3.75. The van der Waals surface area contributed by atoms with Crippen molar-refractivity contribution in [2.75, 3.05) is 6.61 Å². The largest absolute Gasteiger partial charge is 0.378 e. The average Bonchev–Trinajstić information content (AvgIpc) is 2.93. The van der Waals surface area contributed by atoms with Crippen molar-refractivity contribution in [1.82, 2.24) is 4.72 Å².